The van der Waals surface area contributed by atoms with Crippen LogP contribution < -0.4 is 4.90 Å². The van der Waals surface area contributed by atoms with Gasteiger partial charge in [-0.15, -0.1) is 0 Å². The molecule has 0 amide bonds. The molecule has 5 nitrogen and oxygen atoms in total. The molecule has 1 aliphatic heterocycles. The first-order valence-corrected chi connectivity index (χ1v) is 6.15. The van der Waals surface area contributed by atoms with E-state index in [2.05, 4.69) is 4.98 Å². The molecule has 2 heterocycles. The quantitative estimate of drug-likeness (QED) is 0.880. The summed E-state index contributed by atoms with van der Waals surface area (Å²) >= 11 is 0. The Kier molecular flexibility index (Phi) is 4.15. The van der Waals surface area contributed by atoms with E-state index in [1.165, 1.54) is 0 Å². The zero-order valence-electron chi connectivity index (χ0n) is 10.5. The third-order valence-electron chi connectivity index (χ3n) is 3.25. The normalized spacial score (nSPS) is 16.5. The maximum Gasteiger partial charge on any atom is 0.339 e. The summed E-state index contributed by atoms with van der Waals surface area (Å²) in [5.41, 5.74) is 0.257. The van der Waals surface area contributed by atoms with Crippen molar-refractivity contribution in [3.05, 3.63) is 23.9 Å². The third kappa shape index (κ3) is 2.98. The van der Waals surface area contributed by atoms with Crippen LogP contribution in [0.15, 0.2) is 18.3 Å². The SMILES string of the molecule is CN(CC1CCOCC1)c1ncccc1C(=O)O. The van der Waals surface area contributed by atoms with Crippen molar-refractivity contribution in [1.82, 2.24) is 4.98 Å². The van der Waals surface area contributed by atoms with Crippen LogP contribution in [0.1, 0.15) is 23.2 Å². The number of rotatable bonds is 4. The second-order valence-corrected chi connectivity index (χ2v) is 4.62. The smallest absolute Gasteiger partial charge is 0.339 e. The minimum absolute atomic E-state index is 0.257. The molecule has 0 bridgehead atoms. The summed E-state index contributed by atoms with van der Waals surface area (Å²) in [5, 5.41) is 9.13. The molecular formula is C13H18N2O3. The van der Waals surface area contributed by atoms with Crippen molar-refractivity contribution in [1.29, 1.82) is 0 Å². The number of carboxylic acids is 1. The van der Waals surface area contributed by atoms with Gasteiger partial charge in [0.25, 0.3) is 0 Å². The summed E-state index contributed by atoms with van der Waals surface area (Å²) in [6, 6.07) is 3.24. The first kappa shape index (κ1) is 12.8. The number of anilines is 1. The van der Waals surface area contributed by atoms with E-state index in [1.807, 2.05) is 11.9 Å². The lowest BCUT2D eigenvalue weighted by Gasteiger charge is -2.28. The van der Waals surface area contributed by atoms with Crippen molar-refractivity contribution in [2.45, 2.75) is 12.8 Å². The van der Waals surface area contributed by atoms with E-state index in [0.717, 1.165) is 32.6 Å². The van der Waals surface area contributed by atoms with E-state index >= 15 is 0 Å². The molecule has 0 spiro atoms. The molecule has 0 saturated carbocycles. The van der Waals surface area contributed by atoms with Crippen LogP contribution in [0.3, 0.4) is 0 Å². The molecule has 1 aromatic rings. The van der Waals surface area contributed by atoms with Crippen LogP contribution in [0, 0.1) is 5.92 Å². The molecule has 2 rings (SSSR count). The minimum Gasteiger partial charge on any atom is -0.478 e. The van der Waals surface area contributed by atoms with Crippen LogP contribution in [0.2, 0.25) is 0 Å². The molecule has 1 saturated heterocycles. The van der Waals surface area contributed by atoms with Gasteiger partial charge >= 0.3 is 5.97 Å². The molecular weight excluding hydrogens is 232 g/mol. The molecule has 98 valence electrons. The van der Waals surface area contributed by atoms with Gasteiger partial charge < -0.3 is 14.7 Å². The third-order valence-corrected chi connectivity index (χ3v) is 3.25. The monoisotopic (exact) mass is 250 g/mol. The maximum absolute atomic E-state index is 11.1. The summed E-state index contributed by atoms with van der Waals surface area (Å²) in [5.74, 6) is 0.154. The van der Waals surface area contributed by atoms with E-state index in [9.17, 15) is 4.79 Å². The lowest BCUT2D eigenvalue weighted by molar-refractivity contribution is 0.0677. The summed E-state index contributed by atoms with van der Waals surface area (Å²) in [7, 11) is 1.89. The van der Waals surface area contributed by atoms with Gasteiger partial charge in [-0.05, 0) is 30.9 Å². The van der Waals surface area contributed by atoms with Crippen molar-refractivity contribution in [3.63, 3.8) is 0 Å². The largest absolute Gasteiger partial charge is 0.478 e. The summed E-state index contributed by atoms with van der Waals surface area (Å²) < 4.78 is 5.32. The Morgan fingerprint density at radius 3 is 2.94 bits per heavy atom. The number of hydrogen-bond acceptors (Lipinski definition) is 4. The van der Waals surface area contributed by atoms with Crippen LogP contribution in [0.5, 0.6) is 0 Å². The zero-order valence-corrected chi connectivity index (χ0v) is 10.5. The highest BCUT2D eigenvalue weighted by Gasteiger charge is 2.19. The number of aromatic carboxylic acids is 1. The molecule has 1 aliphatic rings. The molecule has 0 radical (unpaired) electrons. The number of ether oxygens (including phenoxy) is 1. The van der Waals surface area contributed by atoms with E-state index in [-0.39, 0.29) is 5.56 Å². The first-order chi connectivity index (χ1) is 8.68. The van der Waals surface area contributed by atoms with Gasteiger partial charge in [0.2, 0.25) is 0 Å². The van der Waals surface area contributed by atoms with Crippen LogP contribution >= 0.6 is 0 Å². The fourth-order valence-electron chi connectivity index (χ4n) is 2.27. The summed E-state index contributed by atoms with van der Waals surface area (Å²) in [6.45, 7) is 2.42. The van der Waals surface area contributed by atoms with Crippen molar-refractivity contribution in [2.75, 3.05) is 31.7 Å². The summed E-state index contributed by atoms with van der Waals surface area (Å²) in [4.78, 5) is 17.2. The van der Waals surface area contributed by atoms with Gasteiger partial charge in [0, 0.05) is 33.0 Å². The highest BCUT2D eigenvalue weighted by atomic mass is 16.5. The lowest BCUT2D eigenvalue weighted by atomic mass is 10.00. The van der Waals surface area contributed by atoms with E-state index < -0.39 is 5.97 Å². The number of hydrogen-bond donors (Lipinski definition) is 1. The highest BCUT2D eigenvalue weighted by molar-refractivity contribution is 5.93. The molecule has 0 aliphatic carbocycles. The molecule has 0 unspecified atom stereocenters. The van der Waals surface area contributed by atoms with Gasteiger partial charge in [0.05, 0.1) is 0 Å². The number of aromatic nitrogens is 1. The van der Waals surface area contributed by atoms with Gasteiger partial charge in [-0.2, -0.15) is 0 Å². The predicted molar refractivity (Wildman–Crippen MR) is 68.0 cm³/mol. The minimum atomic E-state index is -0.933. The van der Waals surface area contributed by atoms with Crippen LogP contribution in [-0.4, -0.2) is 42.9 Å². The fraction of sp³-hybridized carbons (Fsp3) is 0.538. The summed E-state index contributed by atoms with van der Waals surface area (Å²) in [6.07, 6.45) is 3.68. The van der Waals surface area contributed by atoms with Gasteiger partial charge in [-0.3, -0.25) is 0 Å². The Balaban J connectivity index is 2.08. The van der Waals surface area contributed by atoms with Crippen LogP contribution in [0.25, 0.3) is 0 Å². The molecule has 0 aromatic carbocycles. The first-order valence-electron chi connectivity index (χ1n) is 6.15. The number of carboxylic acid groups (broad SMARTS) is 1. The van der Waals surface area contributed by atoms with Gasteiger partial charge in [0.1, 0.15) is 11.4 Å². The van der Waals surface area contributed by atoms with Crippen LogP contribution in [0.4, 0.5) is 5.82 Å². The average molecular weight is 250 g/mol. The van der Waals surface area contributed by atoms with E-state index in [1.54, 1.807) is 18.3 Å². The molecule has 18 heavy (non-hydrogen) atoms. The average Bonchev–Trinajstić information content (AvgIpc) is 2.40. The molecule has 1 N–H and O–H groups in total. The van der Waals surface area contributed by atoms with Crippen molar-refractivity contribution in [2.24, 2.45) is 5.92 Å². The van der Waals surface area contributed by atoms with Crippen LogP contribution in [-0.2, 0) is 4.74 Å². The maximum atomic E-state index is 11.1. The van der Waals surface area contributed by atoms with E-state index in [0.29, 0.717) is 11.7 Å². The van der Waals surface area contributed by atoms with Gasteiger partial charge in [0.15, 0.2) is 0 Å². The van der Waals surface area contributed by atoms with Crippen molar-refractivity contribution < 1.29 is 14.6 Å². The highest BCUT2D eigenvalue weighted by Crippen LogP contribution is 2.21. The predicted octanol–water partition coefficient (Wildman–Crippen LogP) is 1.64. The number of carbonyl (C=O) groups is 1. The lowest BCUT2D eigenvalue weighted by Crippen LogP contribution is -2.31. The molecule has 0 atom stereocenters. The van der Waals surface area contributed by atoms with Gasteiger partial charge in [-0.25, -0.2) is 9.78 Å². The second-order valence-electron chi connectivity index (χ2n) is 4.62. The molecule has 1 aromatic heterocycles. The molecule has 5 heteroatoms. The van der Waals surface area contributed by atoms with Gasteiger partial charge in [-0.1, -0.05) is 0 Å². The zero-order chi connectivity index (χ0) is 13.0. The number of nitrogens with zero attached hydrogens (tertiary/aromatic N) is 2. The Bertz CT molecular complexity index is 416. The Hall–Kier alpha value is -1.62. The fourth-order valence-corrected chi connectivity index (χ4v) is 2.27. The standard InChI is InChI=1S/C13H18N2O3/c1-15(9-10-4-7-18-8-5-10)12-11(13(16)17)3-2-6-14-12/h2-3,6,10H,4-5,7-9H2,1H3,(H,16,17). The van der Waals surface area contributed by atoms with Crippen molar-refractivity contribution >= 4 is 11.8 Å². The topological polar surface area (TPSA) is 62.7 Å². The van der Waals surface area contributed by atoms with Crippen molar-refractivity contribution in [3.8, 4) is 0 Å². The number of pyridine rings is 1. The van der Waals surface area contributed by atoms with E-state index in [4.69, 9.17) is 9.84 Å². The Labute approximate surface area is 106 Å². The second kappa shape index (κ2) is 5.82. The Morgan fingerprint density at radius 1 is 1.56 bits per heavy atom. The molecule has 1 fully saturated rings. The Morgan fingerprint density at radius 2 is 2.28 bits per heavy atom.